The minimum atomic E-state index is -0.206. The van der Waals surface area contributed by atoms with Crippen LogP contribution >= 0.6 is 0 Å². The predicted molar refractivity (Wildman–Crippen MR) is 74.8 cm³/mol. The van der Waals surface area contributed by atoms with Gasteiger partial charge in [0.1, 0.15) is 0 Å². The molecule has 0 radical (unpaired) electrons. The van der Waals surface area contributed by atoms with Gasteiger partial charge in [-0.25, -0.2) is 0 Å². The second-order valence-corrected chi connectivity index (χ2v) is 5.14. The lowest BCUT2D eigenvalue weighted by atomic mass is 9.98. The quantitative estimate of drug-likeness (QED) is 0.811. The Kier molecular flexibility index (Phi) is 4.93. The summed E-state index contributed by atoms with van der Waals surface area (Å²) in [6.07, 6.45) is 1.12. The third kappa shape index (κ3) is 3.55. The van der Waals surface area contributed by atoms with Crippen molar-refractivity contribution >= 4 is 5.97 Å². The van der Waals surface area contributed by atoms with E-state index in [1.165, 1.54) is 7.11 Å². The Balaban J connectivity index is 2.05. The van der Waals surface area contributed by atoms with Gasteiger partial charge in [-0.1, -0.05) is 30.3 Å². The molecule has 4 nitrogen and oxygen atoms in total. The van der Waals surface area contributed by atoms with Crippen LogP contribution in [0.4, 0.5) is 0 Å². The summed E-state index contributed by atoms with van der Waals surface area (Å²) in [6.45, 7) is 3.44. The first-order chi connectivity index (χ1) is 9.24. The van der Waals surface area contributed by atoms with E-state index in [4.69, 9.17) is 10.5 Å². The van der Waals surface area contributed by atoms with Crippen LogP contribution in [0.2, 0.25) is 0 Å². The summed E-state index contributed by atoms with van der Waals surface area (Å²) in [5.74, 6) is 0.194. The number of likely N-dealkylation sites (tertiary alicyclic amines) is 1. The first-order valence-electron chi connectivity index (χ1n) is 6.79. The van der Waals surface area contributed by atoms with Crippen LogP contribution in [0.5, 0.6) is 0 Å². The van der Waals surface area contributed by atoms with Crippen LogP contribution in [-0.2, 0) is 9.53 Å². The lowest BCUT2D eigenvalue weighted by molar-refractivity contribution is -0.142. The van der Waals surface area contributed by atoms with Crippen LogP contribution < -0.4 is 5.73 Å². The molecule has 2 unspecified atom stereocenters. The van der Waals surface area contributed by atoms with E-state index in [0.29, 0.717) is 12.5 Å². The van der Waals surface area contributed by atoms with Gasteiger partial charge < -0.3 is 15.4 Å². The van der Waals surface area contributed by atoms with Gasteiger partial charge in [0, 0.05) is 13.1 Å². The number of rotatable bonds is 5. The van der Waals surface area contributed by atoms with E-state index in [-0.39, 0.29) is 11.9 Å². The fraction of sp³-hybridized carbons (Fsp3) is 0.533. The highest BCUT2D eigenvalue weighted by Gasteiger charge is 2.28. The van der Waals surface area contributed by atoms with E-state index in [9.17, 15) is 4.79 Å². The number of ether oxygens (including phenoxy) is 1. The Morgan fingerprint density at radius 3 is 2.79 bits per heavy atom. The molecule has 4 heteroatoms. The molecule has 1 aliphatic heterocycles. The molecule has 0 spiro atoms. The fourth-order valence-electron chi connectivity index (χ4n) is 2.67. The molecular weight excluding hydrogens is 240 g/mol. The summed E-state index contributed by atoms with van der Waals surface area (Å²) in [7, 11) is 1.45. The summed E-state index contributed by atoms with van der Waals surface area (Å²) in [5.41, 5.74) is 6.72. The number of carbonyl (C=O) groups is 1. The second kappa shape index (κ2) is 6.68. The van der Waals surface area contributed by atoms with E-state index in [0.717, 1.165) is 31.6 Å². The van der Waals surface area contributed by atoms with Gasteiger partial charge in [-0.05, 0) is 31.0 Å². The van der Waals surface area contributed by atoms with E-state index in [2.05, 4.69) is 4.90 Å². The van der Waals surface area contributed by atoms with Crippen LogP contribution in [0.1, 0.15) is 17.9 Å². The van der Waals surface area contributed by atoms with Crippen molar-refractivity contribution in [3.05, 3.63) is 35.9 Å². The predicted octanol–water partition coefficient (Wildman–Crippen LogP) is 1.22. The highest BCUT2D eigenvalue weighted by Crippen LogP contribution is 2.22. The molecule has 0 aliphatic carbocycles. The number of nitrogens with two attached hydrogens (primary N) is 1. The molecule has 1 fully saturated rings. The lowest BCUT2D eigenvalue weighted by Crippen LogP contribution is -2.31. The normalized spacial score (nSPS) is 21.3. The average molecular weight is 262 g/mol. The lowest BCUT2D eigenvalue weighted by Gasteiger charge is -2.22. The SMILES string of the molecule is COC(=O)C(CN1CCC(CN)C1)c1ccccc1. The largest absolute Gasteiger partial charge is 0.469 e. The number of carbonyl (C=O) groups excluding carboxylic acids is 1. The van der Waals surface area contributed by atoms with E-state index in [1.807, 2.05) is 30.3 Å². The molecule has 0 bridgehead atoms. The smallest absolute Gasteiger partial charge is 0.314 e. The Morgan fingerprint density at radius 2 is 2.21 bits per heavy atom. The molecule has 0 aromatic heterocycles. The van der Waals surface area contributed by atoms with E-state index < -0.39 is 0 Å². The summed E-state index contributed by atoms with van der Waals surface area (Å²) in [4.78, 5) is 14.3. The molecular formula is C15H22N2O2. The Hall–Kier alpha value is -1.39. The van der Waals surface area contributed by atoms with E-state index in [1.54, 1.807) is 0 Å². The van der Waals surface area contributed by atoms with Crippen LogP contribution in [0.25, 0.3) is 0 Å². The van der Waals surface area contributed by atoms with Crippen molar-refractivity contribution in [1.82, 2.24) is 4.90 Å². The molecule has 1 saturated heterocycles. The first-order valence-corrected chi connectivity index (χ1v) is 6.79. The van der Waals surface area contributed by atoms with Gasteiger partial charge in [0.05, 0.1) is 13.0 Å². The number of esters is 1. The monoisotopic (exact) mass is 262 g/mol. The Bertz CT molecular complexity index is 408. The fourth-order valence-corrected chi connectivity index (χ4v) is 2.67. The summed E-state index contributed by atoms with van der Waals surface area (Å²) >= 11 is 0. The minimum absolute atomic E-state index is 0.164. The van der Waals surface area contributed by atoms with Crippen LogP contribution in [0, 0.1) is 5.92 Å². The van der Waals surface area contributed by atoms with Crippen LogP contribution in [0.3, 0.4) is 0 Å². The molecule has 1 aliphatic rings. The van der Waals surface area contributed by atoms with Crippen molar-refractivity contribution < 1.29 is 9.53 Å². The van der Waals surface area contributed by atoms with Crippen molar-refractivity contribution in [3.63, 3.8) is 0 Å². The number of hydrogen-bond acceptors (Lipinski definition) is 4. The molecule has 0 saturated carbocycles. The summed E-state index contributed by atoms with van der Waals surface area (Å²) in [6, 6.07) is 9.84. The number of nitrogens with zero attached hydrogens (tertiary/aromatic N) is 1. The van der Waals surface area contributed by atoms with Crippen molar-refractivity contribution in [3.8, 4) is 0 Å². The Morgan fingerprint density at radius 1 is 1.47 bits per heavy atom. The number of hydrogen-bond donors (Lipinski definition) is 1. The maximum absolute atomic E-state index is 12.0. The molecule has 0 amide bonds. The third-order valence-corrected chi connectivity index (χ3v) is 3.83. The first kappa shape index (κ1) is 14.0. The molecule has 104 valence electrons. The van der Waals surface area contributed by atoms with Crippen molar-refractivity contribution in [2.45, 2.75) is 12.3 Å². The van der Waals surface area contributed by atoms with Crippen LogP contribution in [0.15, 0.2) is 30.3 Å². The number of methoxy groups -OCH3 is 1. The van der Waals surface area contributed by atoms with Crippen LogP contribution in [-0.4, -0.2) is 44.2 Å². The summed E-state index contributed by atoms with van der Waals surface area (Å²) < 4.78 is 4.94. The molecule has 2 N–H and O–H groups in total. The van der Waals surface area contributed by atoms with Gasteiger partial charge in [-0.2, -0.15) is 0 Å². The molecule has 2 atom stereocenters. The van der Waals surface area contributed by atoms with Crippen molar-refractivity contribution in [2.24, 2.45) is 11.7 Å². The van der Waals surface area contributed by atoms with Gasteiger partial charge in [0.2, 0.25) is 0 Å². The molecule has 1 heterocycles. The van der Waals surface area contributed by atoms with Gasteiger partial charge in [-0.15, -0.1) is 0 Å². The topological polar surface area (TPSA) is 55.6 Å². The van der Waals surface area contributed by atoms with Gasteiger partial charge in [-0.3, -0.25) is 4.79 Å². The van der Waals surface area contributed by atoms with Gasteiger partial charge in [0.15, 0.2) is 0 Å². The molecule has 2 rings (SSSR count). The van der Waals surface area contributed by atoms with E-state index >= 15 is 0 Å². The van der Waals surface area contributed by atoms with Gasteiger partial charge >= 0.3 is 5.97 Å². The molecule has 1 aromatic rings. The minimum Gasteiger partial charge on any atom is -0.469 e. The zero-order valence-corrected chi connectivity index (χ0v) is 11.4. The highest BCUT2D eigenvalue weighted by atomic mass is 16.5. The third-order valence-electron chi connectivity index (χ3n) is 3.83. The zero-order valence-electron chi connectivity index (χ0n) is 11.4. The molecule has 1 aromatic carbocycles. The van der Waals surface area contributed by atoms with Gasteiger partial charge in [0.25, 0.3) is 0 Å². The zero-order chi connectivity index (χ0) is 13.7. The second-order valence-electron chi connectivity index (χ2n) is 5.14. The maximum Gasteiger partial charge on any atom is 0.314 e. The average Bonchev–Trinajstić information content (AvgIpc) is 2.92. The Labute approximate surface area is 114 Å². The summed E-state index contributed by atoms with van der Waals surface area (Å²) in [5, 5.41) is 0. The standard InChI is InChI=1S/C15H22N2O2/c1-19-15(18)14(13-5-3-2-4-6-13)11-17-8-7-12(9-16)10-17/h2-6,12,14H,7-11,16H2,1H3. The molecule has 19 heavy (non-hydrogen) atoms. The van der Waals surface area contributed by atoms with Crippen molar-refractivity contribution in [2.75, 3.05) is 33.3 Å². The number of benzene rings is 1. The van der Waals surface area contributed by atoms with Crippen molar-refractivity contribution in [1.29, 1.82) is 0 Å². The maximum atomic E-state index is 12.0. The highest BCUT2D eigenvalue weighted by molar-refractivity contribution is 5.78.